The van der Waals surface area contributed by atoms with E-state index in [1.54, 1.807) is 13.8 Å². The minimum atomic E-state index is -3.96. The van der Waals surface area contributed by atoms with E-state index in [0.29, 0.717) is 0 Å². The molecular formula is C36H38O8S. The Kier molecular flexibility index (Phi) is 9.22. The normalized spacial score (nSPS) is 23.4. The Morgan fingerprint density at radius 3 is 1.73 bits per heavy atom. The van der Waals surface area contributed by atoms with Gasteiger partial charge in [0.25, 0.3) is 10.1 Å². The predicted octanol–water partition coefficient (Wildman–Crippen LogP) is 5.80. The standard InChI is InChI=1S/C36H38O8S/c1-35(2)42-33-32(39-24-26-16-8-4-9-17-26)31(41-34(33)43-35)30(44-45(3,37)38)25-40-36(27-18-10-5-11-19-27,28-20-12-6-13-21-28)29-22-14-7-15-23-29/h4-23,30-34H,24-25H2,1-3H3/t30-,31-,32+,33-,34-/m1/s1. The van der Waals surface area contributed by atoms with Crippen molar-refractivity contribution in [3.63, 3.8) is 0 Å². The Hall–Kier alpha value is -3.41. The Morgan fingerprint density at radius 2 is 1.24 bits per heavy atom. The molecule has 45 heavy (non-hydrogen) atoms. The molecule has 2 aliphatic heterocycles. The van der Waals surface area contributed by atoms with E-state index in [9.17, 15) is 8.42 Å². The third kappa shape index (κ3) is 7.05. The van der Waals surface area contributed by atoms with Gasteiger partial charge in [0.1, 0.15) is 30.0 Å². The van der Waals surface area contributed by atoms with Crippen molar-refractivity contribution < 1.29 is 36.3 Å². The second-order valence-corrected chi connectivity index (χ2v) is 13.4. The van der Waals surface area contributed by atoms with Crippen molar-refractivity contribution in [2.24, 2.45) is 0 Å². The van der Waals surface area contributed by atoms with Crippen LogP contribution in [0.5, 0.6) is 0 Å². The first-order valence-electron chi connectivity index (χ1n) is 15.0. The Balaban J connectivity index is 1.38. The summed E-state index contributed by atoms with van der Waals surface area (Å²) in [7, 11) is -3.96. The number of hydrogen-bond donors (Lipinski definition) is 0. The molecule has 0 saturated carbocycles. The lowest BCUT2D eigenvalue weighted by atomic mass is 9.80. The van der Waals surface area contributed by atoms with Gasteiger partial charge in [0.15, 0.2) is 12.1 Å². The number of ether oxygens (including phenoxy) is 5. The van der Waals surface area contributed by atoms with Gasteiger partial charge >= 0.3 is 0 Å². The Labute approximate surface area is 264 Å². The highest BCUT2D eigenvalue weighted by Crippen LogP contribution is 2.43. The fourth-order valence-corrected chi connectivity index (χ4v) is 6.75. The number of benzene rings is 4. The smallest absolute Gasteiger partial charge is 0.264 e. The average Bonchev–Trinajstić information content (AvgIpc) is 3.52. The van der Waals surface area contributed by atoms with Gasteiger partial charge in [-0.3, -0.25) is 4.18 Å². The number of rotatable bonds is 12. The molecule has 2 fully saturated rings. The molecule has 2 heterocycles. The molecular weight excluding hydrogens is 592 g/mol. The lowest BCUT2D eigenvalue weighted by molar-refractivity contribution is -0.232. The van der Waals surface area contributed by atoms with Crippen molar-refractivity contribution >= 4 is 10.1 Å². The maximum Gasteiger partial charge on any atom is 0.264 e. The minimum absolute atomic E-state index is 0.162. The molecule has 0 unspecified atom stereocenters. The SMILES string of the molecule is CC1(C)O[C@H]2O[C@H]([C@@H](COC(c3ccccc3)(c3ccccc3)c3ccccc3)OS(C)(=O)=O)[C@H](OCc3ccccc3)[C@H]2O1. The van der Waals surface area contributed by atoms with Gasteiger partial charge < -0.3 is 23.7 Å². The maximum atomic E-state index is 12.7. The molecule has 6 rings (SSSR count). The van der Waals surface area contributed by atoms with E-state index >= 15 is 0 Å². The third-order valence-corrected chi connectivity index (χ3v) is 8.58. The lowest BCUT2D eigenvalue weighted by Crippen LogP contribution is -2.47. The van der Waals surface area contributed by atoms with E-state index in [4.69, 9.17) is 27.9 Å². The van der Waals surface area contributed by atoms with Crippen LogP contribution in [0.25, 0.3) is 0 Å². The van der Waals surface area contributed by atoms with Crippen LogP contribution in [-0.4, -0.2) is 57.8 Å². The largest absolute Gasteiger partial charge is 0.368 e. The van der Waals surface area contributed by atoms with Gasteiger partial charge in [-0.2, -0.15) is 8.42 Å². The van der Waals surface area contributed by atoms with Crippen LogP contribution in [0.1, 0.15) is 36.1 Å². The summed E-state index contributed by atoms with van der Waals surface area (Å²) in [4.78, 5) is 0. The van der Waals surface area contributed by atoms with Gasteiger partial charge in [-0.05, 0) is 36.1 Å². The van der Waals surface area contributed by atoms with Gasteiger partial charge in [0.05, 0.1) is 19.5 Å². The Morgan fingerprint density at radius 1 is 0.756 bits per heavy atom. The zero-order chi connectivity index (χ0) is 31.5. The van der Waals surface area contributed by atoms with E-state index in [2.05, 4.69) is 0 Å². The number of hydrogen-bond acceptors (Lipinski definition) is 8. The van der Waals surface area contributed by atoms with Gasteiger partial charge in [-0.25, -0.2) is 0 Å². The summed E-state index contributed by atoms with van der Waals surface area (Å²) in [6.07, 6.45) is -3.08. The fourth-order valence-electron chi connectivity index (χ4n) is 6.14. The topological polar surface area (TPSA) is 89.5 Å². The van der Waals surface area contributed by atoms with E-state index in [1.807, 2.05) is 121 Å². The van der Waals surface area contributed by atoms with Gasteiger partial charge in [-0.1, -0.05) is 121 Å². The van der Waals surface area contributed by atoms with Gasteiger partial charge in [0.2, 0.25) is 0 Å². The highest BCUT2D eigenvalue weighted by Gasteiger charge is 2.58. The predicted molar refractivity (Wildman–Crippen MR) is 169 cm³/mol. The first-order valence-corrected chi connectivity index (χ1v) is 16.8. The summed E-state index contributed by atoms with van der Waals surface area (Å²) in [5.41, 5.74) is 2.46. The Bertz CT molecular complexity index is 1540. The first-order chi connectivity index (χ1) is 21.6. The molecule has 0 aliphatic carbocycles. The van der Waals surface area contributed by atoms with Crippen LogP contribution in [0.15, 0.2) is 121 Å². The highest BCUT2D eigenvalue weighted by atomic mass is 32.2. The van der Waals surface area contributed by atoms with E-state index in [-0.39, 0.29) is 13.2 Å². The minimum Gasteiger partial charge on any atom is -0.368 e. The number of fused-ring (bicyclic) bond motifs is 1. The van der Waals surface area contributed by atoms with Gasteiger partial charge in [-0.15, -0.1) is 0 Å². The molecule has 4 aromatic rings. The molecule has 0 radical (unpaired) electrons. The molecule has 0 amide bonds. The molecule has 2 aliphatic rings. The summed E-state index contributed by atoms with van der Waals surface area (Å²) in [5, 5.41) is 0. The molecule has 8 nitrogen and oxygen atoms in total. The summed E-state index contributed by atoms with van der Waals surface area (Å²) in [5.74, 6) is -0.901. The van der Waals surface area contributed by atoms with E-state index in [0.717, 1.165) is 28.5 Å². The molecule has 4 aromatic carbocycles. The van der Waals surface area contributed by atoms with Crippen LogP contribution in [0.3, 0.4) is 0 Å². The zero-order valence-electron chi connectivity index (χ0n) is 25.5. The molecule has 0 spiro atoms. The summed E-state index contributed by atoms with van der Waals surface area (Å²) >= 11 is 0. The second kappa shape index (κ2) is 13.1. The summed E-state index contributed by atoms with van der Waals surface area (Å²) in [6.45, 7) is 3.70. The lowest BCUT2D eigenvalue weighted by Gasteiger charge is -2.38. The van der Waals surface area contributed by atoms with Crippen LogP contribution < -0.4 is 0 Å². The monoisotopic (exact) mass is 630 g/mol. The van der Waals surface area contributed by atoms with E-state index in [1.165, 1.54) is 0 Å². The molecule has 5 atom stereocenters. The van der Waals surface area contributed by atoms with Crippen molar-refractivity contribution in [2.75, 3.05) is 12.9 Å². The molecule has 9 heteroatoms. The van der Waals surface area contributed by atoms with Crippen molar-refractivity contribution in [3.8, 4) is 0 Å². The average molecular weight is 631 g/mol. The molecule has 236 valence electrons. The van der Waals surface area contributed by atoms with Gasteiger partial charge in [0, 0.05) is 0 Å². The zero-order valence-corrected chi connectivity index (χ0v) is 26.3. The van der Waals surface area contributed by atoms with Crippen molar-refractivity contribution in [1.82, 2.24) is 0 Å². The van der Waals surface area contributed by atoms with Crippen molar-refractivity contribution in [2.45, 2.75) is 62.5 Å². The van der Waals surface area contributed by atoms with Crippen LogP contribution in [0.4, 0.5) is 0 Å². The maximum absolute atomic E-state index is 12.7. The molecule has 2 saturated heterocycles. The highest BCUT2D eigenvalue weighted by molar-refractivity contribution is 7.86. The summed E-state index contributed by atoms with van der Waals surface area (Å²) in [6, 6.07) is 39.3. The third-order valence-electron chi connectivity index (χ3n) is 7.98. The molecule has 0 bridgehead atoms. The van der Waals surface area contributed by atoms with Crippen LogP contribution in [0.2, 0.25) is 0 Å². The summed E-state index contributed by atoms with van der Waals surface area (Å²) < 4.78 is 63.3. The van der Waals surface area contributed by atoms with Crippen LogP contribution >= 0.6 is 0 Å². The molecule has 0 aromatic heterocycles. The van der Waals surface area contributed by atoms with Crippen molar-refractivity contribution in [1.29, 1.82) is 0 Å². The van der Waals surface area contributed by atoms with E-state index < -0.39 is 52.2 Å². The van der Waals surface area contributed by atoms with Crippen LogP contribution in [0, 0.1) is 0 Å². The van der Waals surface area contributed by atoms with Crippen LogP contribution in [-0.2, 0) is 50.2 Å². The second-order valence-electron chi connectivity index (χ2n) is 11.8. The quantitative estimate of drug-likeness (QED) is 0.143. The van der Waals surface area contributed by atoms with Crippen molar-refractivity contribution in [3.05, 3.63) is 144 Å². The first kappa shape index (κ1) is 31.6. The fraction of sp³-hybridized carbons (Fsp3) is 0.333. The molecule has 0 N–H and O–H groups in total.